The van der Waals surface area contributed by atoms with Gasteiger partial charge in [0, 0.05) is 16.0 Å². The number of fused-ring (bicyclic) bond motifs is 1. The molecule has 0 saturated carbocycles. The number of thiophene rings is 1. The van der Waals surface area contributed by atoms with Gasteiger partial charge in [0.25, 0.3) is 0 Å². The fourth-order valence-corrected chi connectivity index (χ4v) is 4.84. The molecule has 4 aromatic rings. The number of carbonyl (C=O) groups excluding carboxylic acids is 2. The quantitative estimate of drug-likeness (QED) is 0.302. The van der Waals surface area contributed by atoms with Crippen LogP contribution in [0.5, 0.6) is 11.5 Å². The smallest absolute Gasteiger partial charge is 0.248 e. The third-order valence-electron chi connectivity index (χ3n) is 6.57. The molecule has 1 N–H and O–H groups in total. The highest BCUT2D eigenvalue weighted by Gasteiger charge is 2.36. The molecule has 0 aliphatic rings. The normalized spacial score (nSPS) is 12.2. The van der Waals surface area contributed by atoms with Crippen molar-refractivity contribution in [3.63, 3.8) is 0 Å². The van der Waals surface area contributed by atoms with E-state index in [9.17, 15) is 9.59 Å². The monoisotopic (exact) mass is 535 g/mol. The number of methoxy groups -OCH3 is 2. The van der Waals surface area contributed by atoms with Gasteiger partial charge < -0.3 is 19.7 Å². The summed E-state index contributed by atoms with van der Waals surface area (Å²) < 4.78 is 12.7. The molecule has 0 fully saturated rings. The van der Waals surface area contributed by atoms with Crippen molar-refractivity contribution < 1.29 is 19.1 Å². The van der Waals surface area contributed by atoms with Gasteiger partial charge in [-0.05, 0) is 62.0 Å². The molecule has 38 heavy (non-hydrogen) atoms. The van der Waals surface area contributed by atoms with E-state index in [1.54, 1.807) is 42.0 Å². The van der Waals surface area contributed by atoms with Crippen molar-refractivity contribution in [2.75, 3.05) is 14.2 Å². The van der Waals surface area contributed by atoms with E-state index in [4.69, 9.17) is 9.47 Å². The summed E-state index contributed by atoms with van der Waals surface area (Å²) in [5, 5.41) is 13.5. The average molecular weight is 536 g/mol. The second-order valence-electron chi connectivity index (χ2n) is 9.57. The van der Waals surface area contributed by atoms with Crippen LogP contribution in [0, 0.1) is 0 Å². The molecule has 4 rings (SSSR count). The zero-order chi connectivity index (χ0) is 27.3. The van der Waals surface area contributed by atoms with E-state index in [0.29, 0.717) is 29.0 Å². The Hall–Kier alpha value is -3.92. The second-order valence-corrected chi connectivity index (χ2v) is 10.6. The summed E-state index contributed by atoms with van der Waals surface area (Å²) in [6.07, 6.45) is 0.713. The molecule has 2 amide bonds. The molecule has 2 aromatic heterocycles. The molecule has 0 bridgehead atoms. The molecule has 2 heterocycles. The molecule has 2 aromatic carbocycles. The molecule has 0 aliphatic heterocycles. The Morgan fingerprint density at radius 2 is 1.89 bits per heavy atom. The largest absolute Gasteiger partial charge is 0.497 e. The van der Waals surface area contributed by atoms with Crippen LogP contribution in [0.25, 0.3) is 11.0 Å². The van der Waals surface area contributed by atoms with Crippen LogP contribution in [-0.2, 0) is 22.7 Å². The topological polar surface area (TPSA) is 98.6 Å². The molecule has 0 aliphatic carbocycles. The molecule has 0 spiro atoms. The van der Waals surface area contributed by atoms with E-state index in [-0.39, 0.29) is 24.9 Å². The van der Waals surface area contributed by atoms with Crippen LogP contribution in [0.1, 0.15) is 43.7 Å². The zero-order valence-electron chi connectivity index (χ0n) is 22.3. The van der Waals surface area contributed by atoms with Gasteiger partial charge in [-0.2, -0.15) is 0 Å². The molecule has 10 heteroatoms. The summed E-state index contributed by atoms with van der Waals surface area (Å²) in [6, 6.07) is 15.6. The molecular formula is C28H33N5O4S. The number of para-hydroxylation sites is 1. The number of rotatable bonds is 11. The van der Waals surface area contributed by atoms with Crippen molar-refractivity contribution in [1.29, 1.82) is 0 Å². The lowest BCUT2D eigenvalue weighted by atomic mass is 9.97. The number of nitrogens with one attached hydrogen (secondary N) is 1. The summed E-state index contributed by atoms with van der Waals surface area (Å²) in [4.78, 5) is 30.6. The number of hydrogen-bond donors (Lipinski definition) is 1. The van der Waals surface area contributed by atoms with Crippen LogP contribution in [0.3, 0.4) is 0 Å². The van der Waals surface area contributed by atoms with Gasteiger partial charge in [0.05, 0.1) is 26.3 Å². The van der Waals surface area contributed by atoms with Crippen LogP contribution in [0.2, 0.25) is 0 Å². The summed E-state index contributed by atoms with van der Waals surface area (Å²) in [7, 11) is 3.11. The molecule has 1 atom stereocenters. The first-order valence-corrected chi connectivity index (χ1v) is 13.3. The number of nitrogens with zero attached hydrogens (tertiary/aromatic N) is 4. The molecular weight excluding hydrogens is 502 g/mol. The van der Waals surface area contributed by atoms with Gasteiger partial charge in [-0.15, -0.1) is 16.4 Å². The van der Waals surface area contributed by atoms with Gasteiger partial charge in [-0.3, -0.25) is 9.59 Å². The number of amides is 2. The Morgan fingerprint density at radius 1 is 1.11 bits per heavy atom. The van der Waals surface area contributed by atoms with Crippen molar-refractivity contribution in [2.24, 2.45) is 0 Å². The molecule has 9 nitrogen and oxygen atoms in total. The van der Waals surface area contributed by atoms with E-state index < -0.39 is 11.6 Å². The van der Waals surface area contributed by atoms with Gasteiger partial charge in [-0.1, -0.05) is 30.3 Å². The Bertz CT molecular complexity index is 1400. The number of ether oxygens (including phenoxy) is 2. The minimum Gasteiger partial charge on any atom is -0.497 e. The maximum atomic E-state index is 14.1. The second kappa shape index (κ2) is 11.6. The lowest BCUT2D eigenvalue weighted by Crippen LogP contribution is -2.50. The maximum absolute atomic E-state index is 14.1. The highest BCUT2D eigenvalue weighted by Crippen LogP contribution is 2.35. The standard InChI is InChI=1S/C28H33N5O4S/c1-6-28(2,3)29-27(35)26(21-16-19(36-4)13-14-24(21)37-5)32(17-20-10-9-15-38-20)25(34)18-33-23-12-8-7-11-22(23)30-31-33/h7-16,26H,6,17-18H2,1-5H3,(H,29,35)/t26-/m1/s1. The maximum Gasteiger partial charge on any atom is 0.248 e. The average Bonchev–Trinajstić information content (AvgIpc) is 3.58. The Labute approximate surface area is 226 Å². The van der Waals surface area contributed by atoms with E-state index in [2.05, 4.69) is 15.6 Å². The van der Waals surface area contributed by atoms with E-state index >= 15 is 0 Å². The molecule has 0 radical (unpaired) electrons. The van der Waals surface area contributed by atoms with E-state index in [1.165, 1.54) is 11.3 Å². The molecule has 0 unspecified atom stereocenters. The number of benzene rings is 2. The van der Waals surface area contributed by atoms with Crippen molar-refractivity contribution >= 4 is 34.2 Å². The summed E-state index contributed by atoms with van der Waals surface area (Å²) in [6.45, 7) is 6.06. The van der Waals surface area contributed by atoms with Crippen molar-refractivity contribution in [1.82, 2.24) is 25.2 Å². The van der Waals surface area contributed by atoms with Gasteiger partial charge in [-0.25, -0.2) is 4.68 Å². The molecule has 200 valence electrons. The lowest BCUT2D eigenvalue weighted by Gasteiger charge is -2.35. The number of aromatic nitrogens is 3. The predicted molar refractivity (Wildman–Crippen MR) is 147 cm³/mol. The van der Waals surface area contributed by atoms with Crippen LogP contribution < -0.4 is 14.8 Å². The van der Waals surface area contributed by atoms with Gasteiger partial charge in [0.1, 0.15) is 29.6 Å². The highest BCUT2D eigenvalue weighted by atomic mass is 32.1. The Morgan fingerprint density at radius 3 is 2.58 bits per heavy atom. The highest BCUT2D eigenvalue weighted by molar-refractivity contribution is 7.09. The summed E-state index contributed by atoms with van der Waals surface area (Å²) in [5.74, 6) is 0.444. The SMILES string of the molecule is CCC(C)(C)NC(=O)[C@@H](c1cc(OC)ccc1OC)N(Cc1cccs1)C(=O)Cn1nnc2ccccc21. The van der Waals surface area contributed by atoms with E-state index in [0.717, 1.165) is 10.4 Å². The fourth-order valence-electron chi connectivity index (χ4n) is 4.14. The van der Waals surface area contributed by atoms with Crippen molar-refractivity contribution in [3.05, 3.63) is 70.4 Å². The fraction of sp³-hybridized carbons (Fsp3) is 0.357. The van der Waals surface area contributed by atoms with Gasteiger partial charge in [0.2, 0.25) is 11.8 Å². The third-order valence-corrected chi connectivity index (χ3v) is 7.43. The first-order chi connectivity index (χ1) is 18.3. The molecule has 0 saturated heterocycles. The summed E-state index contributed by atoms with van der Waals surface area (Å²) in [5.41, 5.74) is 1.48. The third kappa shape index (κ3) is 5.96. The number of hydrogen-bond acceptors (Lipinski definition) is 7. The lowest BCUT2D eigenvalue weighted by molar-refractivity contribution is -0.143. The minimum atomic E-state index is -0.990. The van der Waals surface area contributed by atoms with Crippen LogP contribution in [0.4, 0.5) is 0 Å². The first-order valence-electron chi connectivity index (χ1n) is 12.4. The number of carbonyl (C=O) groups is 2. The van der Waals surface area contributed by atoms with Crippen LogP contribution in [-0.4, -0.2) is 51.5 Å². The Balaban J connectivity index is 1.82. The van der Waals surface area contributed by atoms with Gasteiger partial charge in [0.15, 0.2) is 0 Å². The Kier molecular flexibility index (Phi) is 8.31. The van der Waals surface area contributed by atoms with Gasteiger partial charge >= 0.3 is 0 Å². The summed E-state index contributed by atoms with van der Waals surface area (Å²) >= 11 is 1.52. The van der Waals surface area contributed by atoms with Crippen molar-refractivity contribution in [2.45, 2.75) is 51.9 Å². The van der Waals surface area contributed by atoms with Crippen LogP contribution in [0.15, 0.2) is 60.0 Å². The van der Waals surface area contributed by atoms with Crippen molar-refractivity contribution in [3.8, 4) is 11.5 Å². The van der Waals surface area contributed by atoms with E-state index in [1.807, 2.05) is 62.5 Å². The first kappa shape index (κ1) is 27.1. The predicted octanol–water partition coefficient (Wildman–Crippen LogP) is 4.58. The minimum absolute atomic E-state index is 0.0842. The van der Waals surface area contributed by atoms with Crippen LogP contribution >= 0.6 is 11.3 Å². The zero-order valence-corrected chi connectivity index (χ0v) is 23.1.